The second kappa shape index (κ2) is 5.59. The summed E-state index contributed by atoms with van der Waals surface area (Å²) in [5.41, 5.74) is -0.287. The van der Waals surface area contributed by atoms with E-state index >= 15 is 0 Å². The van der Waals surface area contributed by atoms with Crippen LogP contribution in [0.15, 0.2) is 28.7 Å². The maximum absolute atomic E-state index is 14.1. The maximum Gasteiger partial charge on any atom is 0.413 e. The Kier molecular flexibility index (Phi) is 4.34. The molecule has 0 aliphatic heterocycles. The highest BCUT2D eigenvalue weighted by atomic mass is 79.9. The molecule has 5 heteroatoms. The Hall–Kier alpha value is -1.10. The van der Waals surface area contributed by atoms with Crippen molar-refractivity contribution in [3.8, 4) is 0 Å². The molecule has 0 N–H and O–H groups in total. The van der Waals surface area contributed by atoms with Crippen LogP contribution in [0.3, 0.4) is 0 Å². The largest absolute Gasteiger partial charge is 0.444 e. The summed E-state index contributed by atoms with van der Waals surface area (Å²) >= 11 is 3.43. The Morgan fingerprint density at radius 2 is 2.05 bits per heavy atom. The third-order valence-corrected chi connectivity index (χ3v) is 3.99. The minimum Gasteiger partial charge on any atom is -0.444 e. The van der Waals surface area contributed by atoms with Gasteiger partial charge in [0.1, 0.15) is 5.60 Å². The van der Waals surface area contributed by atoms with Crippen molar-refractivity contribution in [1.29, 1.82) is 0 Å². The number of nitrogens with zero attached hydrogens (tertiary/aromatic N) is 1. The molecule has 1 saturated carbocycles. The average Bonchev–Trinajstić information content (AvgIpc) is 3.07. The van der Waals surface area contributed by atoms with Crippen LogP contribution in [0.1, 0.15) is 46.1 Å². The SMILES string of the molecule is CC(F)N(C(=O)OC(C)(C)C)C1(c2cccc(Br)c2)CC1. The van der Waals surface area contributed by atoms with Gasteiger partial charge in [-0.25, -0.2) is 9.18 Å². The monoisotopic (exact) mass is 357 g/mol. The number of carbonyl (C=O) groups is 1. The molecule has 1 amide bonds. The lowest BCUT2D eigenvalue weighted by atomic mass is 10.0. The Morgan fingerprint density at radius 1 is 1.43 bits per heavy atom. The zero-order valence-corrected chi connectivity index (χ0v) is 14.4. The Morgan fingerprint density at radius 3 is 2.48 bits per heavy atom. The van der Waals surface area contributed by atoms with E-state index in [1.807, 2.05) is 24.3 Å². The van der Waals surface area contributed by atoms with Gasteiger partial charge in [-0.1, -0.05) is 28.1 Å². The molecule has 0 heterocycles. The lowest BCUT2D eigenvalue weighted by Crippen LogP contribution is -2.47. The molecule has 0 radical (unpaired) electrons. The summed E-state index contributed by atoms with van der Waals surface area (Å²) in [4.78, 5) is 13.6. The smallest absolute Gasteiger partial charge is 0.413 e. The van der Waals surface area contributed by atoms with Gasteiger partial charge in [0.25, 0.3) is 0 Å². The van der Waals surface area contributed by atoms with E-state index in [1.165, 1.54) is 11.8 Å². The second-order valence-electron chi connectivity index (χ2n) is 6.47. The lowest BCUT2D eigenvalue weighted by Gasteiger charge is -2.35. The van der Waals surface area contributed by atoms with Crippen LogP contribution in [0, 0.1) is 0 Å². The molecule has 0 saturated heterocycles. The molecule has 1 fully saturated rings. The van der Waals surface area contributed by atoms with Crippen molar-refractivity contribution in [2.24, 2.45) is 0 Å². The number of hydrogen-bond acceptors (Lipinski definition) is 2. The number of ether oxygens (including phenoxy) is 1. The van der Waals surface area contributed by atoms with Crippen molar-refractivity contribution in [3.05, 3.63) is 34.3 Å². The summed E-state index contributed by atoms with van der Waals surface area (Å²) in [7, 11) is 0. The Balaban J connectivity index is 2.32. The van der Waals surface area contributed by atoms with E-state index in [1.54, 1.807) is 20.8 Å². The highest BCUT2D eigenvalue weighted by molar-refractivity contribution is 9.10. The number of carbonyl (C=O) groups excluding carboxylic acids is 1. The van der Waals surface area contributed by atoms with Gasteiger partial charge in [-0.2, -0.15) is 0 Å². The molecular formula is C16H21BrFNO2. The van der Waals surface area contributed by atoms with Crippen molar-refractivity contribution in [1.82, 2.24) is 4.90 Å². The molecule has 1 unspecified atom stereocenters. The molecule has 0 spiro atoms. The Labute approximate surface area is 133 Å². The summed E-state index contributed by atoms with van der Waals surface area (Å²) in [6, 6.07) is 7.68. The van der Waals surface area contributed by atoms with Gasteiger partial charge in [0.2, 0.25) is 0 Å². The van der Waals surface area contributed by atoms with Crippen molar-refractivity contribution in [2.45, 2.75) is 58.0 Å². The molecule has 3 nitrogen and oxygen atoms in total. The van der Waals surface area contributed by atoms with E-state index in [0.29, 0.717) is 0 Å². The van der Waals surface area contributed by atoms with Crippen molar-refractivity contribution >= 4 is 22.0 Å². The summed E-state index contributed by atoms with van der Waals surface area (Å²) in [6.45, 7) is 6.72. The van der Waals surface area contributed by atoms with Crippen LogP contribution >= 0.6 is 15.9 Å². The first-order chi connectivity index (χ1) is 9.66. The van der Waals surface area contributed by atoms with Gasteiger partial charge in [0.05, 0.1) is 5.54 Å². The highest BCUT2D eigenvalue weighted by Gasteiger charge is 2.54. The second-order valence-corrected chi connectivity index (χ2v) is 7.38. The van der Waals surface area contributed by atoms with E-state index in [-0.39, 0.29) is 0 Å². The van der Waals surface area contributed by atoms with E-state index in [2.05, 4.69) is 15.9 Å². The molecule has 116 valence electrons. The van der Waals surface area contributed by atoms with Crippen molar-refractivity contribution in [2.75, 3.05) is 0 Å². The topological polar surface area (TPSA) is 29.5 Å². The molecule has 1 aromatic rings. The van der Waals surface area contributed by atoms with Crippen molar-refractivity contribution in [3.63, 3.8) is 0 Å². The van der Waals surface area contributed by atoms with Gasteiger partial charge in [-0.15, -0.1) is 0 Å². The van der Waals surface area contributed by atoms with E-state index in [9.17, 15) is 9.18 Å². The lowest BCUT2D eigenvalue weighted by molar-refractivity contribution is -0.0199. The number of alkyl halides is 1. The molecule has 1 atom stereocenters. The van der Waals surface area contributed by atoms with Crippen LogP contribution in [-0.2, 0) is 10.3 Å². The Bertz CT molecular complexity index is 535. The van der Waals surface area contributed by atoms with Crippen LogP contribution in [0.4, 0.5) is 9.18 Å². The molecule has 2 rings (SSSR count). The zero-order valence-electron chi connectivity index (χ0n) is 12.8. The van der Waals surface area contributed by atoms with E-state index in [0.717, 1.165) is 22.9 Å². The first kappa shape index (κ1) is 16.3. The fourth-order valence-electron chi connectivity index (χ4n) is 2.54. The van der Waals surface area contributed by atoms with Gasteiger partial charge in [-0.3, -0.25) is 4.90 Å². The highest BCUT2D eigenvalue weighted by Crippen LogP contribution is 2.52. The van der Waals surface area contributed by atoms with Crippen LogP contribution in [0.2, 0.25) is 0 Å². The minimum absolute atomic E-state index is 0.583. The van der Waals surface area contributed by atoms with Crippen LogP contribution < -0.4 is 0 Å². The number of benzene rings is 1. The third-order valence-electron chi connectivity index (χ3n) is 3.49. The zero-order chi connectivity index (χ0) is 15.8. The normalized spacial score (nSPS) is 18.0. The minimum atomic E-state index is -1.40. The first-order valence-electron chi connectivity index (χ1n) is 7.08. The number of rotatable bonds is 3. The molecule has 1 aliphatic carbocycles. The van der Waals surface area contributed by atoms with E-state index < -0.39 is 23.5 Å². The summed E-state index contributed by atoms with van der Waals surface area (Å²) in [6.07, 6.45) is -0.509. The summed E-state index contributed by atoms with van der Waals surface area (Å²) < 4.78 is 20.4. The molecule has 0 aromatic heterocycles. The van der Waals surface area contributed by atoms with Crippen LogP contribution in [0.5, 0.6) is 0 Å². The fraction of sp³-hybridized carbons (Fsp3) is 0.562. The standard InChI is InChI=1S/C16H21BrFNO2/c1-11(18)19(14(20)21-15(2,3)4)16(8-9-16)12-6-5-7-13(17)10-12/h5-7,10-11H,8-9H2,1-4H3. The molecule has 0 bridgehead atoms. The van der Waals surface area contributed by atoms with Gasteiger partial charge < -0.3 is 4.74 Å². The first-order valence-corrected chi connectivity index (χ1v) is 7.87. The van der Waals surface area contributed by atoms with Crippen LogP contribution in [0.25, 0.3) is 0 Å². The fourth-order valence-corrected chi connectivity index (χ4v) is 2.94. The van der Waals surface area contributed by atoms with Crippen molar-refractivity contribution < 1.29 is 13.9 Å². The van der Waals surface area contributed by atoms with Crippen LogP contribution in [-0.4, -0.2) is 22.9 Å². The van der Waals surface area contributed by atoms with E-state index in [4.69, 9.17) is 4.74 Å². The molecule has 1 aromatic carbocycles. The van der Waals surface area contributed by atoms with Gasteiger partial charge in [-0.05, 0) is 58.2 Å². The number of hydrogen-bond donors (Lipinski definition) is 0. The van der Waals surface area contributed by atoms with Gasteiger partial charge in [0.15, 0.2) is 6.30 Å². The van der Waals surface area contributed by atoms with Gasteiger partial charge in [0, 0.05) is 4.47 Å². The quantitative estimate of drug-likeness (QED) is 0.713. The maximum atomic E-state index is 14.1. The predicted molar refractivity (Wildman–Crippen MR) is 83.7 cm³/mol. The number of amides is 1. The molecule has 21 heavy (non-hydrogen) atoms. The molecule has 1 aliphatic rings. The predicted octanol–water partition coefficient (Wildman–Crippen LogP) is 4.99. The number of halogens is 2. The summed E-state index contributed by atoms with van der Waals surface area (Å²) in [5, 5.41) is 0. The third kappa shape index (κ3) is 3.57. The average molecular weight is 358 g/mol. The molecular weight excluding hydrogens is 337 g/mol. The van der Waals surface area contributed by atoms with Gasteiger partial charge >= 0.3 is 6.09 Å². The summed E-state index contributed by atoms with van der Waals surface area (Å²) in [5.74, 6) is 0.